The number of nitrogens with two attached hydrogens (primary N) is 1. The van der Waals surface area contributed by atoms with E-state index in [9.17, 15) is 4.79 Å². The molecule has 0 aromatic carbocycles. The summed E-state index contributed by atoms with van der Waals surface area (Å²) in [5.74, 6) is 0.216. The van der Waals surface area contributed by atoms with E-state index in [4.69, 9.17) is 10.5 Å². The number of carbonyl (C=O) groups excluding carboxylic acids is 1. The molecule has 0 aliphatic carbocycles. The largest absolute Gasteiger partial charge is 0.480 e. The monoisotopic (exact) mass is 152 g/mol. The molecule has 5 heteroatoms. The van der Waals surface area contributed by atoms with Crippen LogP contribution in [-0.2, 0) is 4.79 Å². The second-order valence-electron chi connectivity index (χ2n) is 1.75. The molecule has 0 saturated heterocycles. The van der Waals surface area contributed by atoms with Gasteiger partial charge in [0, 0.05) is 6.20 Å². The maximum Gasteiger partial charge on any atom is 0.240 e. The summed E-state index contributed by atoms with van der Waals surface area (Å²) in [7, 11) is 1.39. The third kappa shape index (κ3) is 1.43. The summed E-state index contributed by atoms with van der Waals surface area (Å²) in [4.78, 5) is 17.4. The highest BCUT2D eigenvalue weighted by Crippen LogP contribution is 2.11. The molecule has 2 N–H and O–H groups in total. The number of ether oxygens (including phenoxy) is 1. The van der Waals surface area contributed by atoms with Gasteiger partial charge in [-0.05, 0) is 0 Å². The summed E-state index contributed by atoms with van der Waals surface area (Å²) in [6.45, 7) is 0. The van der Waals surface area contributed by atoms with Gasteiger partial charge in [-0.15, -0.1) is 0 Å². The Kier molecular flexibility index (Phi) is 2.00. The van der Waals surface area contributed by atoms with Crippen molar-refractivity contribution < 1.29 is 9.53 Å². The van der Waals surface area contributed by atoms with Crippen molar-refractivity contribution >= 4 is 12.2 Å². The minimum absolute atomic E-state index is 0.0702. The van der Waals surface area contributed by atoms with Crippen molar-refractivity contribution in [1.29, 1.82) is 0 Å². The van der Waals surface area contributed by atoms with E-state index in [-0.39, 0.29) is 17.4 Å². The first-order valence-electron chi connectivity index (χ1n) is 2.82. The Morgan fingerprint density at radius 1 is 1.73 bits per heavy atom. The Morgan fingerprint density at radius 2 is 2.45 bits per heavy atom. The third-order valence-electron chi connectivity index (χ3n) is 1.08. The second-order valence-corrected chi connectivity index (χ2v) is 1.75. The van der Waals surface area contributed by atoms with Crippen molar-refractivity contribution in [2.45, 2.75) is 0 Å². The smallest absolute Gasteiger partial charge is 0.240 e. The Balaban J connectivity index is 3.16. The van der Waals surface area contributed by atoms with E-state index in [0.29, 0.717) is 0 Å². The molecule has 0 aliphatic heterocycles. The van der Waals surface area contributed by atoms with Gasteiger partial charge in [0.05, 0.1) is 7.11 Å². The SMILES string of the molecule is COc1nc(N)ncc1[C]=O. The van der Waals surface area contributed by atoms with E-state index in [2.05, 4.69) is 9.97 Å². The van der Waals surface area contributed by atoms with Gasteiger partial charge in [0.2, 0.25) is 18.1 Å². The zero-order chi connectivity index (χ0) is 8.27. The van der Waals surface area contributed by atoms with Gasteiger partial charge in [-0.2, -0.15) is 4.98 Å². The Bertz CT molecular complexity index is 275. The number of nitrogen functional groups attached to an aromatic ring is 1. The summed E-state index contributed by atoms with van der Waals surface area (Å²) in [6, 6.07) is 0. The molecule has 5 nitrogen and oxygen atoms in total. The van der Waals surface area contributed by atoms with Gasteiger partial charge < -0.3 is 10.5 Å². The predicted octanol–water partition coefficient (Wildman–Crippen LogP) is -0.475. The number of anilines is 1. The van der Waals surface area contributed by atoms with Crippen molar-refractivity contribution in [3.05, 3.63) is 11.8 Å². The van der Waals surface area contributed by atoms with Gasteiger partial charge >= 0.3 is 0 Å². The molecule has 0 atom stereocenters. The van der Waals surface area contributed by atoms with Gasteiger partial charge in [-0.25, -0.2) is 4.98 Å². The van der Waals surface area contributed by atoms with Crippen LogP contribution >= 0.6 is 0 Å². The van der Waals surface area contributed by atoms with Gasteiger partial charge in [0.25, 0.3) is 0 Å². The van der Waals surface area contributed by atoms with Crippen molar-refractivity contribution in [3.8, 4) is 5.88 Å². The van der Waals surface area contributed by atoms with Crippen molar-refractivity contribution in [2.24, 2.45) is 0 Å². The molecule has 0 aliphatic rings. The van der Waals surface area contributed by atoms with Crippen LogP contribution in [0.1, 0.15) is 5.56 Å². The first kappa shape index (κ1) is 7.46. The van der Waals surface area contributed by atoms with Gasteiger partial charge in [0.15, 0.2) is 0 Å². The topological polar surface area (TPSA) is 78.1 Å². The van der Waals surface area contributed by atoms with Crippen molar-refractivity contribution in [1.82, 2.24) is 9.97 Å². The molecule has 0 spiro atoms. The average molecular weight is 152 g/mol. The van der Waals surface area contributed by atoms with E-state index in [1.165, 1.54) is 13.3 Å². The Morgan fingerprint density at radius 3 is 3.00 bits per heavy atom. The number of aromatic nitrogens is 2. The standard InChI is InChI=1S/C6H6N3O2/c1-11-5-4(3-10)2-8-6(7)9-5/h2H,1H3,(H2,7,8,9). The fraction of sp³-hybridized carbons (Fsp3) is 0.167. The molecule has 0 bridgehead atoms. The maximum absolute atomic E-state index is 10.2. The zero-order valence-electron chi connectivity index (χ0n) is 5.87. The lowest BCUT2D eigenvalue weighted by atomic mass is 10.4. The average Bonchev–Trinajstić information content (AvgIpc) is 2.04. The normalized spacial score (nSPS) is 9.18. The molecule has 0 saturated carbocycles. The highest BCUT2D eigenvalue weighted by molar-refractivity contribution is 5.78. The van der Waals surface area contributed by atoms with Gasteiger partial charge in [-0.3, -0.25) is 4.79 Å². The summed E-state index contributed by atoms with van der Waals surface area (Å²) in [6.07, 6.45) is 2.88. The van der Waals surface area contributed by atoms with Crippen LogP contribution in [0.25, 0.3) is 0 Å². The number of hydrogen-bond donors (Lipinski definition) is 1. The van der Waals surface area contributed by atoms with Crippen LogP contribution in [0, 0.1) is 0 Å². The van der Waals surface area contributed by atoms with Crippen LogP contribution in [0.2, 0.25) is 0 Å². The van der Waals surface area contributed by atoms with Crippen molar-refractivity contribution in [3.63, 3.8) is 0 Å². The molecule has 1 radical (unpaired) electrons. The fourth-order valence-electron chi connectivity index (χ4n) is 0.605. The van der Waals surface area contributed by atoms with Crippen LogP contribution in [0.15, 0.2) is 6.20 Å². The van der Waals surface area contributed by atoms with Gasteiger partial charge in [-0.1, -0.05) is 0 Å². The predicted molar refractivity (Wildman–Crippen MR) is 37.8 cm³/mol. The second kappa shape index (κ2) is 2.96. The molecule has 0 amide bonds. The highest BCUT2D eigenvalue weighted by atomic mass is 16.5. The van der Waals surface area contributed by atoms with E-state index in [1.54, 1.807) is 6.29 Å². The van der Waals surface area contributed by atoms with E-state index in [0.717, 1.165) is 0 Å². The van der Waals surface area contributed by atoms with Crippen LogP contribution in [-0.4, -0.2) is 23.4 Å². The molecule has 57 valence electrons. The van der Waals surface area contributed by atoms with Gasteiger partial charge in [0.1, 0.15) is 5.56 Å². The Labute approximate surface area is 63.2 Å². The molecule has 1 aromatic rings. The number of rotatable bonds is 2. The fourth-order valence-corrected chi connectivity index (χ4v) is 0.605. The number of methoxy groups -OCH3 is 1. The lowest BCUT2D eigenvalue weighted by molar-refractivity contribution is 0.396. The summed E-state index contributed by atoms with van der Waals surface area (Å²) in [5, 5.41) is 0. The molecular formula is C6H6N3O2. The quantitative estimate of drug-likeness (QED) is 0.619. The molecule has 1 aromatic heterocycles. The van der Waals surface area contributed by atoms with Crippen LogP contribution in [0.5, 0.6) is 5.88 Å². The van der Waals surface area contributed by atoms with E-state index < -0.39 is 0 Å². The van der Waals surface area contributed by atoms with Crippen LogP contribution in [0.3, 0.4) is 0 Å². The van der Waals surface area contributed by atoms with Crippen LogP contribution < -0.4 is 10.5 Å². The molecule has 0 unspecified atom stereocenters. The molecule has 11 heavy (non-hydrogen) atoms. The summed E-state index contributed by atoms with van der Waals surface area (Å²) < 4.78 is 4.72. The molecular weight excluding hydrogens is 146 g/mol. The molecule has 1 rings (SSSR count). The molecule has 1 heterocycles. The lowest BCUT2D eigenvalue weighted by Crippen LogP contribution is -2.00. The summed E-state index contributed by atoms with van der Waals surface area (Å²) in [5.41, 5.74) is 5.39. The zero-order valence-corrected chi connectivity index (χ0v) is 5.87. The van der Waals surface area contributed by atoms with Crippen molar-refractivity contribution in [2.75, 3.05) is 12.8 Å². The maximum atomic E-state index is 10.2. The van der Waals surface area contributed by atoms with E-state index >= 15 is 0 Å². The number of hydrogen-bond acceptors (Lipinski definition) is 5. The van der Waals surface area contributed by atoms with E-state index in [1.807, 2.05) is 0 Å². The van der Waals surface area contributed by atoms with Crippen LogP contribution in [0.4, 0.5) is 5.95 Å². The minimum Gasteiger partial charge on any atom is -0.480 e. The summed E-state index contributed by atoms with van der Waals surface area (Å²) >= 11 is 0. The number of nitrogens with zero attached hydrogens (tertiary/aromatic N) is 2. The highest BCUT2D eigenvalue weighted by Gasteiger charge is 2.04. The first-order chi connectivity index (χ1) is 5.27. The lowest BCUT2D eigenvalue weighted by Gasteiger charge is -1.99. The minimum atomic E-state index is 0.0702. The Hall–Kier alpha value is -1.65. The third-order valence-corrected chi connectivity index (χ3v) is 1.08. The first-order valence-corrected chi connectivity index (χ1v) is 2.82. The molecule has 0 fully saturated rings.